The van der Waals surface area contributed by atoms with Gasteiger partial charge in [-0.3, -0.25) is 14.3 Å². The number of aryl methyl sites for hydroxylation is 1. The van der Waals surface area contributed by atoms with Gasteiger partial charge in [-0.1, -0.05) is 0 Å². The Morgan fingerprint density at radius 2 is 2.23 bits per heavy atom. The van der Waals surface area contributed by atoms with Gasteiger partial charge in [0.2, 0.25) is 0 Å². The molecule has 122 valence electrons. The lowest BCUT2D eigenvalue weighted by atomic mass is 9.77. The molecule has 2 saturated heterocycles. The molecule has 0 saturated carbocycles. The van der Waals surface area contributed by atoms with Crippen LogP contribution in [-0.2, 0) is 9.47 Å². The summed E-state index contributed by atoms with van der Waals surface area (Å²) in [5.74, 6) is 0. The van der Waals surface area contributed by atoms with Crippen LogP contribution in [0.25, 0.3) is 0 Å². The number of aliphatic hydroxyl groups excluding tert-OH is 2. The third-order valence-corrected chi connectivity index (χ3v) is 4.53. The molecule has 2 aliphatic rings. The van der Waals surface area contributed by atoms with E-state index in [4.69, 9.17) is 9.47 Å². The first-order valence-corrected chi connectivity index (χ1v) is 6.93. The molecule has 9 heteroatoms. The highest BCUT2D eigenvalue weighted by Gasteiger charge is 2.66. The summed E-state index contributed by atoms with van der Waals surface area (Å²) >= 11 is 0. The predicted octanol–water partition coefficient (Wildman–Crippen LogP) is -2.38. The van der Waals surface area contributed by atoms with Crippen LogP contribution in [0.15, 0.2) is 15.8 Å². The number of H-pyrrole nitrogens is 1. The van der Waals surface area contributed by atoms with E-state index >= 15 is 0 Å². The number of rotatable bonds is 2. The number of ether oxygens (including phenoxy) is 2. The SMILES string of the molecule is Cc1cn([C@@H]2OC3(CO)COCCC3(O)C2O)c(=O)[nH]c1=O. The molecule has 0 spiro atoms. The van der Waals surface area contributed by atoms with E-state index in [1.165, 1.54) is 13.1 Å². The zero-order valence-corrected chi connectivity index (χ0v) is 12.0. The second kappa shape index (κ2) is 5.00. The number of nitrogens with zero attached hydrogens (tertiary/aromatic N) is 1. The van der Waals surface area contributed by atoms with Gasteiger partial charge in [-0.15, -0.1) is 0 Å². The molecule has 4 N–H and O–H groups in total. The van der Waals surface area contributed by atoms with Crippen molar-refractivity contribution in [2.75, 3.05) is 19.8 Å². The van der Waals surface area contributed by atoms with Gasteiger partial charge in [-0.05, 0) is 6.92 Å². The van der Waals surface area contributed by atoms with Crippen LogP contribution in [0.1, 0.15) is 18.2 Å². The molecule has 0 aromatic carbocycles. The molecule has 3 unspecified atom stereocenters. The van der Waals surface area contributed by atoms with Gasteiger partial charge in [-0.2, -0.15) is 0 Å². The standard InChI is InChI=1S/C13H18N2O7/c1-7-4-15(11(19)14-9(7)18)10-8(17)13(20)2-3-21-6-12(13,5-16)22-10/h4,8,10,16-17,20H,2-3,5-6H2,1H3,(H,14,18,19)/t8?,10-,12?,13?/m1/s1. The largest absolute Gasteiger partial charge is 0.393 e. The van der Waals surface area contributed by atoms with Crippen LogP contribution >= 0.6 is 0 Å². The van der Waals surface area contributed by atoms with Gasteiger partial charge in [-0.25, -0.2) is 4.79 Å². The van der Waals surface area contributed by atoms with Crippen molar-refractivity contribution < 1.29 is 24.8 Å². The molecule has 1 aromatic heterocycles. The van der Waals surface area contributed by atoms with Crippen LogP contribution in [0.5, 0.6) is 0 Å². The molecule has 3 rings (SSSR count). The van der Waals surface area contributed by atoms with Crippen molar-refractivity contribution in [1.29, 1.82) is 0 Å². The van der Waals surface area contributed by atoms with E-state index in [0.29, 0.717) is 0 Å². The lowest BCUT2D eigenvalue weighted by molar-refractivity contribution is -0.226. The Morgan fingerprint density at radius 1 is 1.50 bits per heavy atom. The maximum atomic E-state index is 12.0. The molecule has 2 aliphatic heterocycles. The van der Waals surface area contributed by atoms with E-state index < -0.39 is 41.4 Å². The average molecular weight is 314 g/mol. The predicted molar refractivity (Wildman–Crippen MR) is 72.4 cm³/mol. The first-order valence-electron chi connectivity index (χ1n) is 6.93. The molecule has 22 heavy (non-hydrogen) atoms. The lowest BCUT2D eigenvalue weighted by Crippen LogP contribution is -2.63. The van der Waals surface area contributed by atoms with Crippen molar-refractivity contribution in [3.63, 3.8) is 0 Å². The van der Waals surface area contributed by atoms with Gasteiger partial charge >= 0.3 is 5.69 Å². The van der Waals surface area contributed by atoms with E-state index in [9.17, 15) is 24.9 Å². The van der Waals surface area contributed by atoms with Crippen LogP contribution in [-0.4, -0.2) is 62.0 Å². The van der Waals surface area contributed by atoms with Crippen molar-refractivity contribution in [2.24, 2.45) is 0 Å². The number of aliphatic hydroxyl groups is 3. The zero-order valence-electron chi connectivity index (χ0n) is 12.0. The summed E-state index contributed by atoms with van der Waals surface area (Å²) in [4.78, 5) is 25.5. The Balaban J connectivity index is 2.09. The molecular formula is C13H18N2O7. The summed E-state index contributed by atoms with van der Waals surface area (Å²) in [5, 5.41) is 30.9. The minimum atomic E-state index is -1.74. The van der Waals surface area contributed by atoms with Crippen molar-refractivity contribution in [2.45, 2.75) is 36.9 Å². The molecule has 2 fully saturated rings. The van der Waals surface area contributed by atoms with Crippen molar-refractivity contribution in [1.82, 2.24) is 9.55 Å². The molecule has 9 nitrogen and oxygen atoms in total. The van der Waals surface area contributed by atoms with Crippen LogP contribution < -0.4 is 11.2 Å². The van der Waals surface area contributed by atoms with E-state index in [1.807, 2.05) is 0 Å². The summed E-state index contributed by atoms with van der Waals surface area (Å²) in [6, 6.07) is 0. The number of fused-ring (bicyclic) bond motifs is 1. The first-order chi connectivity index (χ1) is 10.3. The fraction of sp³-hybridized carbons (Fsp3) is 0.692. The van der Waals surface area contributed by atoms with Crippen LogP contribution in [0.4, 0.5) is 0 Å². The fourth-order valence-corrected chi connectivity index (χ4v) is 3.11. The Bertz CT molecular complexity index is 692. The van der Waals surface area contributed by atoms with Crippen LogP contribution in [0.2, 0.25) is 0 Å². The van der Waals surface area contributed by atoms with Gasteiger partial charge in [0.1, 0.15) is 17.3 Å². The third-order valence-electron chi connectivity index (χ3n) is 4.53. The Morgan fingerprint density at radius 3 is 2.86 bits per heavy atom. The minimum Gasteiger partial charge on any atom is -0.393 e. The highest BCUT2D eigenvalue weighted by atomic mass is 16.6. The Hall–Kier alpha value is -1.52. The van der Waals surface area contributed by atoms with E-state index in [-0.39, 0.29) is 25.2 Å². The second-order valence-electron chi connectivity index (χ2n) is 5.81. The second-order valence-corrected chi connectivity index (χ2v) is 5.81. The summed E-state index contributed by atoms with van der Waals surface area (Å²) in [6.07, 6.45) is -1.38. The van der Waals surface area contributed by atoms with Gasteiger partial charge in [0, 0.05) is 24.8 Å². The highest BCUT2D eigenvalue weighted by Crippen LogP contribution is 2.48. The molecule has 4 atom stereocenters. The van der Waals surface area contributed by atoms with E-state index in [2.05, 4.69) is 4.98 Å². The number of aromatic nitrogens is 2. The average Bonchev–Trinajstić information content (AvgIpc) is 2.73. The maximum absolute atomic E-state index is 12.0. The minimum absolute atomic E-state index is 0.0578. The van der Waals surface area contributed by atoms with Crippen molar-refractivity contribution >= 4 is 0 Å². The summed E-state index contributed by atoms with van der Waals surface area (Å²) in [7, 11) is 0. The molecule has 0 bridgehead atoms. The quantitative estimate of drug-likeness (QED) is 0.479. The first kappa shape index (κ1) is 15.4. The summed E-state index contributed by atoms with van der Waals surface area (Å²) < 4.78 is 11.9. The van der Waals surface area contributed by atoms with Gasteiger partial charge in [0.15, 0.2) is 6.23 Å². The number of nitrogens with one attached hydrogen (secondary N) is 1. The van der Waals surface area contributed by atoms with Crippen LogP contribution in [0, 0.1) is 6.92 Å². The van der Waals surface area contributed by atoms with E-state index in [1.54, 1.807) is 0 Å². The maximum Gasteiger partial charge on any atom is 0.330 e. The lowest BCUT2D eigenvalue weighted by Gasteiger charge is -2.43. The molecule has 0 aliphatic carbocycles. The smallest absolute Gasteiger partial charge is 0.330 e. The van der Waals surface area contributed by atoms with Gasteiger partial charge < -0.3 is 24.8 Å². The number of hydrogen-bond acceptors (Lipinski definition) is 7. The molecule has 0 amide bonds. The Kier molecular flexibility index (Phi) is 3.49. The Labute approximate surface area is 124 Å². The van der Waals surface area contributed by atoms with E-state index in [0.717, 1.165) is 4.57 Å². The third kappa shape index (κ3) is 1.90. The van der Waals surface area contributed by atoms with Crippen molar-refractivity contribution in [3.8, 4) is 0 Å². The fourth-order valence-electron chi connectivity index (χ4n) is 3.11. The molecule has 0 radical (unpaired) electrons. The molecule has 3 heterocycles. The molecule has 1 aromatic rings. The van der Waals surface area contributed by atoms with Crippen LogP contribution in [0.3, 0.4) is 0 Å². The monoisotopic (exact) mass is 314 g/mol. The number of aromatic amines is 1. The number of hydrogen-bond donors (Lipinski definition) is 4. The normalized spacial score (nSPS) is 38.0. The van der Waals surface area contributed by atoms with Crippen molar-refractivity contribution in [3.05, 3.63) is 32.6 Å². The summed E-state index contributed by atoms with van der Waals surface area (Å²) in [6.45, 7) is 1.02. The highest BCUT2D eigenvalue weighted by molar-refractivity contribution is 5.14. The van der Waals surface area contributed by atoms with Gasteiger partial charge in [0.05, 0.1) is 13.2 Å². The summed E-state index contributed by atoms with van der Waals surface area (Å²) in [5.41, 5.74) is -4.31. The molecular weight excluding hydrogens is 296 g/mol. The zero-order chi connectivity index (χ0) is 16.1. The topological polar surface area (TPSA) is 134 Å². The van der Waals surface area contributed by atoms with Gasteiger partial charge in [0.25, 0.3) is 5.56 Å².